The number of primary sulfonamides is 1. The normalized spacial score (nSPS) is 11.7. The molecule has 166 valence electrons. The molecule has 0 saturated heterocycles. The Hall–Kier alpha value is -2.66. The van der Waals surface area contributed by atoms with E-state index in [0.29, 0.717) is 31.2 Å². The van der Waals surface area contributed by atoms with Crippen molar-refractivity contribution in [2.75, 3.05) is 20.3 Å². The predicted molar refractivity (Wildman–Crippen MR) is 115 cm³/mol. The molecular formula is C21H26FN5O3S. The number of rotatable bonds is 10. The summed E-state index contributed by atoms with van der Waals surface area (Å²) < 4.78 is 44.3. The highest BCUT2D eigenvalue weighted by Gasteiger charge is 2.18. The molecule has 0 atom stereocenters. The third-order valence-electron chi connectivity index (χ3n) is 4.62. The van der Waals surface area contributed by atoms with E-state index in [4.69, 9.17) is 9.88 Å². The Labute approximate surface area is 181 Å². The van der Waals surface area contributed by atoms with Crippen molar-refractivity contribution >= 4 is 10.0 Å². The molecule has 3 N–H and O–H groups in total. The molecular weight excluding hydrogens is 421 g/mol. The number of aryl methyl sites for hydroxylation is 1. The number of ether oxygens (including phenoxy) is 1. The molecule has 0 aliphatic carbocycles. The fourth-order valence-electron chi connectivity index (χ4n) is 3.16. The number of nitrogens with one attached hydrogen (secondary N) is 1. The van der Waals surface area contributed by atoms with E-state index in [9.17, 15) is 12.8 Å². The molecule has 8 nitrogen and oxygen atoms in total. The van der Waals surface area contributed by atoms with Gasteiger partial charge in [0, 0.05) is 20.1 Å². The van der Waals surface area contributed by atoms with Crippen LogP contribution in [-0.2, 0) is 27.7 Å². The number of halogens is 1. The average Bonchev–Trinajstić information content (AvgIpc) is 3.09. The lowest BCUT2D eigenvalue weighted by Gasteiger charge is -2.09. The quantitative estimate of drug-likeness (QED) is 0.460. The van der Waals surface area contributed by atoms with E-state index in [0.717, 1.165) is 30.2 Å². The first-order valence-electron chi connectivity index (χ1n) is 9.80. The number of benzene rings is 2. The molecule has 0 spiro atoms. The van der Waals surface area contributed by atoms with Gasteiger partial charge in [-0.3, -0.25) is 0 Å². The molecule has 0 saturated carbocycles. The van der Waals surface area contributed by atoms with Crippen LogP contribution in [0.25, 0.3) is 5.69 Å². The van der Waals surface area contributed by atoms with Crippen molar-refractivity contribution in [3.05, 3.63) is 71.1 Å². The first kappa shape index (κ1) is 23.0. The van der Waals surface area contributed by atoms with Crippen LogP contribution in [0.1, 0.15) is 29.2 Å². The highest BCUT2D eigenvalue weighted by molar-refractivity contribution is 7.89. The lowest BCUT2D eigenvalue weighted by atomic mass is 10.1. The highest BCUT2D eigenvalue weighted by Crippen LogP contribution is 2.20. The second-order valence-electron chi connectivity index (χ2n) is 7.20. The van der Waals surface area contributed by atoms with Crippen molar-refractivity contribution in [2.24, 2.45) is 5.14 Å². The van der Waals surface area contributed by atoms with Gasteiger partial charge >= 0.3 is 0 Å². The molecule has 0 aliphatic heterocycles. The Kier molecular flexibility index (Phi) is 7.50. The molecule has 1 aromatic heterocycles. The van der Waals surface area contributed by atoms with Gasteiger partial charge in [0.25, 0.3) is 0 Å². The van der Waals surface area contributed by atoms with E-state index < -0.39 is 15.8 Å². The van der Waals surface area contributed by atoms with Gasteiger partial charge in [-0.2, -0.15) is 0 Å². The smallest absolute Gasteiger partial charge is 0.238 e. The Bertz CT molecular complexity index is 1150. The molecule has 3 rings (SSSR count). The van der Waals surface area contributed by atoms with E-state index in [2.05, 4.69) is 15.4 Å². The van der Waals surface area contributed by atoms with Crippen molar-refractivity contribution < 1.29 is 17.5 Å². The molecule has 31 heavy (non-hydrogen) atoms. The van der Waals surface area contributed by atoms with Gasteiger partial charge < -0.3 is 10.1 Å². The van der Waals surface area contributed by atoms with Crippen molar-refractivity contribution in [3.8, 4) is 5.69 Å². The van der Waals surface area contributed by atoms with E-state index in [1.54, 1.807) is 7.11 Å². The highest BCUT2D eigenvalue weighted by atomic mass is 32.2. The van der Waals surface area contributed by atoms with Crippen molar-refractivity contribution in [1.29, 1.82) is 0 Å². The lowest BCUT2D eigenvalue weighted by molar-refractivity contribution is 0.194. The predicted octanol–water partition coefficient (Wildman–Crippen LogP) is 2.08. The van der Waals surface area contributed by atoms with Crippen LogP contribution < -0.4 is 10.5 Å². The summed E-state index contributed by atoms with van der Waals surface area (Å²) in [5.74, 6) is 0.304. The molecule has 0 bridgehead atoms. The van der Waals surface area contributed by atoms with Crippen molar-refractivity contribution in [3.63, 3.8) is 0 Å². The molecule has 0 aliphatic rings. The summed E-state index contributed by atoms with van der Waals surface area (Å²) >= 11 is 0. The van der Waals surface area contributed by atoms with Gasteiger partial charge in [0.05, 0.1) is 11.4 Å². The maximum Gasteiger partial charge on any atom is 0.238 e. The Morgan fingerprint density at radius 1 is 1.23 bits per heavy atom. The van der Waals surface area contributed by atoms with Crippen LogP contribution in [0.3, 0.4) is 0 Å². The molecule has 3 aromatic rings. The number of methoxy groups -OCH3 is 1. The molecule has 0 amide bonds. The zero-order valence-electron chi connectivity index (χ0n) is 17.5. The minimum atomic E-state index is -4.01. The number of nitrogens with two attached hydrogens (primary N) is 1. The van der Waals surface area contributed by atoms with Crippen LogP contribution in [0.15, 0.2) is 47.4 Å². The number of aromatic nitrogens is 3. The summed E-state index contributed by atoms with van der Waals surface area (Å²) in [6.07, 6.45) is 1.28. The number of sulfonamides is 1. The third kappa shape index (κ3) is 6.17. The summed E-state index contributed by atoms with van der Waals surface area (Å²) in [4.78, 5) is 4.29. The Balaban J connectivity index is 1.93. The van der Waals surface area contributed by atoms with Gasteiger partial charge in [-0.05, 0) is 43.7 Å². The SMILES string of the molecule is COCCCNCc1nc(Cc2cccc(C)c2)n(-c2ccc(S(N)(=O)=O)cc2F)n1. The van der Waals surface area contributed by atoms with Gasteiger partial charge in [-0.1, -0.05) is 29.8 Å². The van der Waals surface area contributed by atoms with Crippen LogP contribution in [0, 0.1) is 12.7 Å². The van der Waals surface area contributed by atoms with Crippen LogP contribution in [0.5, 0.6) is 0 Å². The van der Waals surface area contributed by atoms with Gasteiger partial charge in [0.15, 0.2) is 5.82 Å². The van der Waals surface area contributed by atoms with Crippen LogP contribution in [0.2, 0.25) is 0 Å². The number of hydrogen-bond acceptors (Lipinski definition) is 6. The third-order valence-corrected chi connectivity index (χ3v) is 5.53. The summed E-state index contributed by atoms with van der Waals surface area (Å²) in [6, 6.07) is 11.4. The largest absolute Gasteiger partial charge is 0.385 e. The minimum Gasteiger partial charge on any atom is -0.385 e. The summed E-state index contributed by atoms with van der Waals surface area (Å²) in [5, 5.41) is 12.8. The number of nitrogens with zero attached hydrogens (tertiary/aromatic N) is 3. The molecule has 0 unspecified atom stereocenters. The van der Waals surface area contributed by atoms with Gasteiger partial charge in [0.1, 0.15) is 17.3 Å². The molecule has 0 radical (unpaired) electrons. The van der Waals surface area contributed by atoms with E-state index in [-0.39, 0.29) is 10.6 Å². The fourth-order valence-corrected chi connectivity index (χ4v) is 3.68. The van der Waals surface area contributed by atoms with E-state index in [1.807, 2.05) is 31.2 Å². The molecule has 10 heteroatoms. The van der Waals surface area contributed by atoms with Crippen LogP contribution in [0.4, 0.5) is 4.39 Å². The second kappa shape index (κ2) is 10.1. The van der Waals surface area contributed by atoms with E-state index >= 15 is 0 Å². The topological polar surface area (TPSA) is 112 Å². The van der Waals surface area contributed by atoms with Crippen LogP contribution in [-0.4, -0.2) is 43.4 Å². The van der Waals surface area contributed by atoms with E-state index in [1.165, 1.54) is 16.8 Å². The van der Waals surface area contributed by atoms with Crippen LogP contribution >= 0.6 is 0 Å². The summed E-state index contributed by atoms with van der Waals surface area (Å²) in [5.41, 5.74) is 2.22. The lowest BCUT2D eigenvalue weighted by Crippen LogP contribution is -2.17. The average molecular weight is 448 g/mol. The minimum absolute atomic E-state index is 0.105. The zero-order valence-corrected chi connectivity index (χ0v) is 18.3. The van der Waals surface area contributed by atoms with Gasteiger partial charge in [0.2, 0.25) is 10.0 Å². The maximum atomic E-state index is 14.8. The first-order valence-corrected chi connectivity index (χ1v) is 11.4. The Morgan fingerprint density at radius 3 is 2.71 bits per heavy atom. The van der Waals surface area contributed by atoms with Crippen molar-refractivity contribution in [2.45, 2.75) is 31.2 Å². The molecule has 0 fully saturated rings. The number of hydrogen-bond donors (Lipinski definition) is 2. The molecule has 2 aromatic carbocycles. The second-order valence-corrected chi connectivity index (χ2v) is 8.76. The monoisotopic (exact) mass is 447 g/mol. The first-order chi connectivity index (χ1) is 14.8. The maximum absolute atomic E-state index is 14.8. The Morgan fingerprint density at radius 2 is 2.03 bits per heavy atom. The van der Waals surface area contributed by atoms with Gasteiger partial charge in [-0.15, -0.1) is 5.10 Å². The fraction of sp³-hybridized carbons (Fsp3) is 0.333. The standard InChI is InChI=1S/C21H26FN5O3S/c1-15-5-3-6-16(11-15)12-21-25-20(14-24-9-4-10-30-2)26-27(21)19-8-7-17(13-18(19)22)31(23,28)29/h3,5-8,11,13,24H,4,9-10,12,14H2,1-2H3,(H2,23,28,29). The van der Waals surface area contributed by atoms with Crippen molar-refractivity contribution in [1.82, 2.24) is 20.1 Å². The van der Waals surface area contributed by atoms with Gasteiger partial charge in [-0.25, -0.2) is 27.6 Å². The summed E-state index contributed by atoms with van der Waals surface area (Å²) in [7, 11) is -2.36. The summed E-state index contributed by atoms with van der Waals surface area (Å²) in [6.45, 7) is 3.78. The molecule has 1 heterocycles. The zero-order chi connectivity index (χ0) is 22.4.